The third kappa shape index (κ3) is 25.5. The smallest absolute Gasteiger partial charge is 1.00 e. The molecule has 1 heterocycles. The number of halogens is 5. The Morgan fingerprint density at radius 2 is 0.659 bits per heavy atom. The first kappa shape index (κ1) is 79.5. The quantitative estimate of drug-likeness (QED) is 0.0338. The number of aliphatic hydroxyl groups is 1. The fourth-order valence-corrected chi connectivity index (χ4v) is 9.90. The van der Waals surface area contributed by atoms with Crippen LogP contribution in [0.1, 0.15) is 71.3 Å². The molecule has 1 fully saturated rings. The molecule has 9 rings (SSSR count). The molecule has 0 aliphatic carbocycles. The van der Waals surface area contributed by atoms with Gasteiger partial charge in [0.2, 0.25) is 9.23 Å². The van der Waals surface area contributed by atoms with Gasteiger partial charge in [0.1, 0.15) is 50.9 Å². The van der Waals surface area contributed by atoms with Crippen LogP contribution in [0.25, 0.3) is 0 Å². The molecule has 450 valence electrons. The van der Waals surface area contributed by atoms with Crippen molar-refractivity contribution in [3.05, 3.63) is 261 Å². The van der Waals surface area contributed by atoms with Gasteiger partial charge in [-0.2, -0.15) is 35.9 Å². The first-order valence-corrected chi connectivity index (χ1v) is 33.2. The van der Waals surface area contributed by atoms with Crippen LogP contribution in [-0.2, 0) is 64.9 Å². The SMILES string of the molecule is C1CCOC1.Cc1cc[c-]cc1.Cc1ccc(C(Cl)(c2ccc(S(=O)(=O)[O-])cc2)c2ccc(S(=O)(=O)[O-])cc2)cc1.Cc1ccc(C(O)(c2ccc(S(=O)(=O)[O-])cc2)c2ccc(S(=O)(=O)[O-])cc2)cc1.Cc1ccc(Cl)cc1.O=S(Cl)Cl.[Cl-].[H-].[H-].[Mg+2].[Mg+2]. The van der Waals surface area contributed by atoms with Crippen molar-refractivity contribution in [3.8, 4) is 0 Å². The summed E-state index contributed by atoms with van der Waals surface area (Å²) in [6.07, 6.45) is 2.56. The van der Waals surface area contributed by atoms with Gasteiger partial charge in [-0.25, -0.2) is 37.9 Å². The maximum absolute atomic E-state index is 11.6. The van der Waals surface area contributed by atoms with Gasteiger partial charge in [0.05, 0.1) is 19.6 Å². The minimum atomic E-state index is -4.65. The number of aryl methyl sites for hydroxylation is 4. The number of benzene rings is 8. The van der Waals surface area contributed by atoms with Gasteiger partial charge in [-0.1, -0.05) is 144 Å². The molecule has 0 aromatic heterocycles. The van der Waals surface area contributed by atoms with Gasteiger partial charge in [-0.05, 0) is 128 Å². The van der Waals surface area contributed by atoms with Crippen molar-refractivity contribution in [1.29, 1.82) is 0 Å². The molecule has 0 unspecified atom stereocenters. The zero-order valence-corrected chi connectivity index (χ0v) is 56.5. The van der Waals surface area contributed by atoms with E-state index in [9.17, 15) is 57.0 Å². The summed E-state index contributed by atoms with van der Waals surface area (Å²) >= 11 is 12.7. The van der Waals surface area contributed by atoms with Crippen LogP contribution in [0, 0.1) is 33.8 Å². The summed E-state index contributed by atoms with van der Waals surface area (Å²) in [5.41, 5.74) is 5.20. The van der Waals surface area contributed by atoms with Gasteiger partial charge in [0, 0.05) is 39.6 Å². The van der Waals surface area contributed by atoms with E-state index in [1.807, 2.05) is 81.4 Å². The number of alkyl halides is 1. The molecule has 8 aromatic carbocycles. The summed E-state index contributed by atoms with van der Waals surface area (Å²) in [5, 5.41) is 12.4. The molecule has 1 aliphatic heterocycles. The molecule has 0 saturated carbocycles. The third-order valence-electron chi connectivity index (χ3n) is 11.8. The van der Waals surface area contributed by atoms with Crippen LogP contribution in [0.4, 0.5) is 0 Å². The van der Waals surface area contributed by atoms with E-state index in [4.69, 9.17) is 32.1 Å². The van der Waals surface area contributed by atoms with Crippen molar-refractivity contribution < 1.29 is 81.2 Å². The van der Waals surface area contributed by atoms with E-state index in [1.165, 1.54) is 96.8 Å². The van der Waals surface area contributed by atoms with E-state index in [0.717, 1.165) is 53.6 Å². The average molecular weight is 1380 g/mol. The molecule has 1 saturated heterocycles. The maximum Gasteiger partial charge on any atom is 2.00 e. The van der Waals surface area contributed by atoms with Crippen LogP contribution in [-0.4, -0.2) is 121 Å². The Kier molecular flexibility index (Phi) is 33.8. The second-order valence-corrected chi connectivity index (χ2v) is 26.9. The Morgan fingerprint density at radius 1 is 0.447 bits per heavy atom. The maximum atomic E-state index is 11.6. The monoisotopic (exact) mass is 1370 g/mol. The molecule has 0 radical (unpaired) electrons. The number of hydrogen-bond acceptors (Lipinski definition) is 15. The van der Waals surface area contributed by atoms with Crippen LogP contribution in [0.2, 0.25) is 5.02 Å². The van der Waals surface area contributed by atoms with Crippen molar-refractivity contribution in [2.24, 2.45) is 0 Å². The number of rotatable bonds is 10. The minimum Gasteiger partial charge on any atom is -1.00 e. The molecule has 27 heteroatoms. The van der Waals surface area contributed by atoms with Crippen LogP contribution < -0.4 is 12.4 Å². The zero-order chi connectivity index (χ0) is 61.1. The molecule has 0 bridgehead atoms. The van der Waals surface area contributed by atoms with Gasteiger partial charge in [-0.15, -0.1) is 11.6 Å². The van der Waals surface area contributed by atoms with Crippen LogP contribution in [0.3, 0.4) is 0 Å². The summed E-state index contributed by atoms with van der Waals surface area (Å²) in [6, 6.07) is 52.7. The van der Waals surface area contributed by atoms with E-state index in [-0.39, 0.29) is 72.5 Å². The standard InChI is InChI=1S/C20H17ClO6S2.C20H18O7S2.C7H7Cl.C7H7.C4H8O.Cl2OS.ClH.2Mg.2H/c2*1-14-2-4-15(5-3-14)20(21,16-6-10-18(11-7-16)28(22,23)24)17-8-12-19(13-9-17)29(25,26)27;1-6-2-4-7(8)5-3-6;1-7-5-3-2-4-6-7;1-2-4-5-3-1;1-4(2)3;;;;;/h2-13H,1H3,(H,22,23,24)(H,25,26,27);2-13,21H,1H3,(H,22,23,24)(H,25,26,27);2-5H,1H3;3-6H,1H3;1-4H2;;1H;;;;/q;;;-1;;;;2*+2;2*-1/p-5. The first-order chi connectivity index (χ1) is 38.3. The minimum absolute atomic E-state index is 0. The molecule has 1 aliphatic rings. The first-order valence-electron chi connectivity index (χ1n) is 24.0. The fraction of sp³-hybridized carbons (Fsp3) is 0.172. The largest absolute Gasteiger partial charge is 2.00 e. The van der Waals surface area contributed by atoms with Crippen LogP contribution >= 0.6 is 44.6 Å². The summed E-state index contributed by atoms with van der Waals surface area (Å²) in [7, 11) is -11.2. The second-order valence-electron chi connectivity index (χ2n) is 17.9. The van der Waals surface area contributed by atoms with Crippen molar-refractivity contribution >= 4 is 140 Å². The molecule has 85 heavy (non-hydrogen) atoms. The van der Waals surface area contributed by atoms with E-state index >= 15 is 0 Å². The Balaban J connectivity index is 0. The number of hydrogen-bond donors (Lipinski definition) is 1. The molecule has 0 spiro atoms. The molecule has 8 aromatic rings. The van der Waals surface area contributed by atoms with Crippen molar-refractivity contribution in [2.75, 3.05) is 13.2 Å². The normalized spacial score (nSPS) is 12.1. The fourth-order valence-electron chi connectivity index (χ4n) is 7.52. The predicted molar refractivity (Wildman–Crippen MR) is 328 cm³/mol. The zero-order valence-electron chi connectivity index (χ0n) is 47.8. The molecular formula is C58H55Cl5Mg2O15S5-4. The van der Waals surface area contributed by atoms with E-state index in [2.05, 4.69) is 34.4 Å². The summed E-state index contributed by atoms with van der Waals surface area (Å²) in [5.74, 6) is 0. The summed E-state index contributed by atoms with van der Waals surface area (Å²) in [4.78, 5) is -2.99. The molecule has 0 amide bonds. The third-order valence-corrected chi connectivity index (χ3v) is 16.1. The second kappa shape index (κ2) is 36.2. The average Bonchev–Trinajstić information content (AvgIpc) is 1.27. The van der Waals surface area contributed by atoms with Crippen molar-refractivity contribution in [2.45, 2.75) is 70.6 Å². The van der Waals surface area contributed by atoms with Gasteiger partial charge in [-0.3, -0.25) is 0 Å². The Hall–Kier alpha value is -3.55. The van der Waals surface area contributed by atoms with Crippen LogP contribution in [0.5, 0.6) is 0 Å². The predicted octanol–water partition coefficient (Wildman–Crippen LogP) is 8.17. The Bertz CT molecular complexity index is 3430. The van der Waals surface area contributed by atoms with E-state index in [0.29, 0.717) is 22.3 Å². The summed E-state index contributed by atoms with van der Waals surface area (Å²) in [6.45, 7) is 9.87. The molecular weight excluding hydrogens is 1320 g/mol. The van der Waals surface area contributed by atoms with Crippen molar-refractivity contribution in [1.82, 2.24) is 0 Å². The topological polar surface area (TPSA) is 275 Å². The van der Waals surface area contributed by atoms with Gasteiger partial charge >= 0.3 is 46.1 Å². The van der Waals surface area contributed by atoms with Crippen LogP contribution in [0.15, 0.2) is 214 Å². The van der Waals surface area contributed by atoms with E-state index in [1.54, 1.807) is 36.4 Å². The molecule has 1 N–H and O–H groups in total. The molecule has 0 atom stereocenters. The number of ether oxygens (including phenoxy) is 1. The Morgan fingerprint density at radius 3 is 0.859 bits per heavy atom. The summed E-state index contributed by atoms with van der Waals surface area (Å²) < 4.78 is 149. The van der Waals surface area contributed by atoms with Gasteiger partial charge in [0.15, 0.2) is 0 Å². The van der Waals surface area contributed by atoms with Gasteiger partial charge in [0.25, 0.3) is 0 Å². The Labute approximate surface area is 560 Å². The van der Waals surface area contributed by atoms with E-state index < -0.39 is 79.8 Å². The molecule has 15 nitrogen and oxygen atoms in total. The van der Waals surface area contributed by atoms with Gasteiger partial charge < -0.3 is 43.3 Å². The van der Waals surface area contributed by atoms with Crippen molar-refractivity contribution in [3.63, 3.8) is 0 Å².